The van der Waals surface area contributed by atoms with E-state index in [2.05, 4.69) is 37.4 Å². The molecule has 3 nitrogen and oxygen atoms in total. The molecule has 0 spiro atoms. The molecule has 1 unspecified atom stereocenters. The van der Waals surface area contributed by atoms with Gasteiger partial charge in [0.25, 0.3) is 0 Å². The summed E-state index contributed by atoms with van der Waals surface area (Å²) in [7, 11) is 1.68. The van der Waals surface area contributed by atoms with Crippen LogP contribution in [0.1, 0.15) is 22.7 Å². The van der Waals surface area contributed by atoms with Crippen molar-refractivity contribution in [3.63, 3.8) is 0 Å². The third-order valence-electron chi connectivity index (χ3n) is 3.56. The molecule has 0 bridgehead atoms. The summed E-state index contributed by atoms with van der Waals surface area (Å²) in [6.45, 7) is 4.77. The Morgan fingerprint density at radius 3 is 2.30 bits per heavy atom. The quantitative estimate of drug-likeness (QED) is 0.875. The monoisotopic (exact) mass is 270 g/mol. The molecule has 1 atom stereocenters. The van der Waals surface area contributed by atoms with Crippen molar-refractivity contribution in [2.24, 2.45) is 5.73 Å². The van der Waals surface area contributed by atoms with Gasteiger partial charge < -0.3 is 15.8 Å². The highest BCUT2D eigenvalue weighted by atomic mass is 16.5. The average molecular weight is 270 g/mol. The number of aryl methyl sites for hydroxylation is 2. The van der Waals surface area contributed by atoms with Gasteiger partial charge in [-0.05, 0) is 42.7 Å². The van der Waals surface area contributed by atoms with Crippen molar-refractivity contribution >= 4 is 5.69 Å². The Labute approximate surface area is 120 Å². The fourth-order valence-electron chi connectivity index (χ4n) is 2.58. The highest BCUT2D eigenvalue weighted by Crippen LogP contribution is 2.29. The maximum Gasteiger partial charge on any atom is 0.141 e. The van der Waals surface area contributed by atoms with Crippen LogP contribution in [0.3, 0.4) is 0 Å². The second kappa shape index (κ2) is 6.44. The lowest BCUT2D eigenvalue weighted by molar-refractivity contribution is 0.416. The Morgan fingerprint density at radius 2 is 1.70 bits per heavy atom. The van der Waals surface area contributed by atoms with Crippen LogP contribution in [-0.2, 0) is 0 Å². The van der Waals surface area contributed by atoms with Gasteiger partial charge in [-0.15, -0.1) is 0 Å². The van der Waals surface area contributed by atoms with Gasteiger partial charge in [-0.25, -0.2) is 0 Å². The summed E-state index contributed by atoms with van der Waals surface area (Å²) in [6, 6.07) is 14.3. The topological polar surface area (TPSA) is 47.3 Å². The van der Waals surface area contributed by atoms with E-state index in [1.54, 1.807) is 7.11 Å². The third kappa shape index (κ3) is 2.94. The van der Waals surface area contributed by atoms with Crippen LogP contribution in [0, 0.1) is 13.8 Å². The Kier molecular flexibility index (Phi) is 4.64. The van der Waals surface area contributed by atoms with Crippen LogP contribution >= 0.6 is 0 Å². The standard InChI is InChI=1S/C17H22N2O/c1-12-7-6-8-13(2)17(12)15(11-18)19-14-9-4-5-10-16(14)20-3/h4-10,15,19H,11,18H2,1-3H3. The van der Waals surface area contributed by atoms with E-state index in [1.807, 2.05) is 24.3 Å². The molecular weight excluding hydrogens is 248 g/mol. The number of rotatable bonds is 5. The van der Waals surface area contributed by atoms with Gasteiger partial charge in [-0.3, -0.25) is 0 Å². The third-order valence-corrected chi connectivity index (χ3v) is 3.56. The predicted molar refractivity (Wildman–Crippen MR) is 84.3 cm³/mol. The molecule has 0 saturated heterocycles. The number of methoxy groups -OCH3 is 1. The molecule has 2 aromatic rings. The first kappa shape index (κ1) is 14.4. The molecule has 3 heteroatoms. The maximum atomic E-state index is 5.98. The summed E-state index contributed by atoms with van der Waals surface area (Å²) in [4.78, 5) is 0. The number of ether oxygens (including phenoxy) is 1. The van der Waals surface area contributed by atoms with Crippen LogP contribution in [0.15, 0.2) is 42.5 Å². The molecule has 0 radical (unpaired) electrons. The molecule has 0 heterocycles. The van der Waals surface area contributed by atoms with Crippen molar-refractivity contribution in [2.45, 2.75) is 19.9 Å². The van der Waals surface area contributed by atoms with E-state index in [-0.39, 0.29) is 6.04 Å². The van der Waals surface area contributed by atoms with Crippen LogP contribution < -0.4 is 15.8 Å². The summed E-state index contributed by atoms with van der Waals surface area (Å²) < 4.78 is 5.38. The van der Waals surface area contributed by atoms with Crippen molar-refractivity contribution in [3.8, 4) is 5.75 Å². The Morgan fingerprint density at radius 1 is 1.05 bits per heavy atom. The van der Waals surface area contributed by atoms with Crippen molar-refractivity contribution in [3.05, 3.63) is 59.2 Å². The molecule has 20 heavy (non-hydrogen) atoms. The predicted octanol–water partition coefficient (Wildman–Crippen LogP) is 3.42. The molecule has 0 aliphatic rings. The Bertz CT molecular complexity index is 561. The van der Waals surface area contributed by atoms with Crippen LogP contribution in [0.25, 0.3) is 0 Å². The van der Waals surface area contributed by atoms with Gasteiger partial charge >= 0.3 is 0 Å². The lowest BCUT2D eigenvalue weighted by Crippen LogP contribution is -2.22. The molecular formula is C17H22N2O. The van der Waals surface area contributed by atoms with E-state index in [1.165, 1.54) is 16.7 Å². The molecule has 0 aliphatic carbocycles. The summed E-state index contributed by atoms with van der Waals surface area (Å²) in [5.74, 6) is 0.831. The summed E-state index contributed by atoms with van der Waals surface area (Å²) in [5.41, 5.74) is 10.7. The van der Waals surface area contributed by atoms with E-state index in [0.717, 1.165) is 11.4 Å². The lowest BCUT2D eigenvalue weighted by Gasteiger charge is -2.23. The summed E-state index contributed by atoms with van der Waals surface area (Å²) in [6.07, 6.45) is 0. The smallest absolute Gasteiger partial charge is 0.141 e. The number of hydrogen-bond donors (Lipinski definition) is 2. The normalized spacial score (nSPS) is 12.0. The number of nitrogens with two attached hydrogens (primary N) is 1. The first-order chi connectivity index (χ1) is 9.67. The highest BCUT2D eigenvalue weighted by Gasteiger charge is 2.15. The number of hydrogen-bond acceptors (Lipinski definition) is 3. The second-order valence-corrected chi connectivity index (χ2v) is 4.94. The average Bonchev–Trinajstić information content (AvgIpc) is 2.46. The largest absolute Gasteiger partial charge is 0.495 e. The Hall–Kier alpha value is -2.00. The van der Waals surface area contributed by atoms with Crippen molar-refractivity contribution in [1.29, 1.82) is 0 Å². The van der Waals surface area contributed by atoms with Gasteiger partial charge in [0.1, 0.15) is 5.75 Å². The minimum atomic E-state index is 0.0764. The zero-order valence-corrected chi connectivity index (χ0v) is 12.3. The van der Waals surface area contributed by atoms with Crippen molar-refractivity contribution in [2.75, 3.05) is 19.0 Å². The molecule has 2 aromatic carbocycles. The minimum absolute atomic E-state index is 0.0764. The van der Waals surface area contributed by atoms with Crippen LogP contribution in [0.5, 0.6) is 5.75 Å². The number of nitrogens with one attached hydrogen (secondary N) is 1. The molecule has 0 saturated carbocycles. The molecule has 2 rings (SSSR count). The Balaban J connectivity index is 2.34. The zero-order valence-electron chi connectivity index (χ0n) is 12.3. The molecule has 106 valence electrons. The maximum absolute atomic E-state index is 5.98. The lowest BCUT2D eigenvalue weighted by atomic mass is 9.96. The van der Waals surface area contributed by atoms with Crippen LogP contribution in [0.4, 0.5) is 5.69 Å². The molecule has 3 N–H and O–H groups in total. The van der Waals surface area contributed by atoms with E-state index < -0.39 is 0 Å². The minimum Gasteiger partial charge on any atom is -0.495 e. The first-order valence-corrected chi connectivity index (χ1v) is 6.83. The van der Waals surface area contributed by atoms with Gasteiger partial charge in [-0.2, -0.15) is 0 Å². The molecule has 0 amide bonds. The number of para-hydroxylation sites is 2. The van der Waals surface area contributed by atoms with E-state index >= 15 is 0 Å². The van der Waals surface area contributed by atoms with Crippen molar-refractivity contribution in [1.82, 2.24) is 0 Å². The van der Waals surface area contributed by atoms with E-state index in [4.69, 9.17) is 10.5 Å². The fourth-order valence-corrected chi connectivity index (χ4v) is 2.58. The summed E-state index contributed by atoms with van der Waals surface area (Å²) in [5, 5.41) is 3.50. The van der Waals surface area contributed by atoms with Gasteiger partial charge in [0.15, 0.2) is 0 Å². The fraction of sp³-hybridized carbons (Fsp3) is 0.294. The summed E-state index contributed by atoms with van der Waals surface area (Å²) >= 11 is 0. The number of anilines is 1. The zero-order chi connectivity index (χ0) is 14.5. The molecule has 0 aromatic heterocycles. The first-order valence-electron chi connectivity index (χ1n) is 6.83. The number of benzene rings is 2. The van der Waals surface area contributed by atoms with Gasteiger partial charge in [0, 0.05) is 6.54 Å². The van der Waals surface area contributed by atoms with Gasteiger partial charge in [0.2, 0.25) is 0 Å². The molecule has 0 fully saturated rings. The van der Waals surface area contributed by atoms with E-state index in [0.29, 0.717) is 6.54 Å². The molecule has 0 aliphatic heterocycles. The SMILES string of the molecule is COc1ccccc1NC(CN)c1c(C)cccc1C. The van der Waals surface area contributed by atoms with Crippen LogP contribution in [0.2, 0.25) is 0 Å². The highest BCUT2D eigenvalue weighted by molar-refractivity contribution is 5.58. The van der Waals surface area contributed by atoms with Crippen molar-refractivity contribution < 1.29 is 4.74 Å². The van der Waals surface area contributed by atoms with E-state index in [9.17, 15) is 0 Å². The van der Waals surface area contributed by atoms with Gasteiger partial charge in [-0.1, -0.05) is 30.3 Å². The van der Waals surface area contributed by atoms with Crippen LogP contribution in [-0.4, -0.2) is 13.7 Å². The second-order valence-electron chi connectivity index (χ2n) is 4.94. The van der Waals surface area contributed by atoms with Gasteiger partial charge in [0.05, 0.1) is 18.8 Å².